The summed E-state index contributed by atoms with van der Waals surface area (Å²) in [5, 5.41) is 7.28. The Morgan fingerprint density at radius 2 is 2.18 bits per heavy atom. The maximum absolute atomic E-state index is 12.9. The Hall–Kier alpha value is -3.34. The first-order valence-corrected chi connectivity index (χ1v) is 9.21. The molecule has 3 aromatic rings. The van der Waals surface area contributed by atoms with Crippen LogP contribution in [0.3, 0.4) is 0 Å². The highest BCUT2D eigenvalue weighted by Crippen LogP contribution is 2.38. The average Bonchev–Trinajstić information content (AvgIpc) is 3.15. The van der Waals surface area contributed by atoms with Gasteiger partial charge in [0, 0.05) is 18.5 Å². The van der Waals surface area contributed by atoms with Crippen LogP contribution in [0, 0.1) is 18.9 Å². The van der Waals surface area contributed by atoms with E-state index in [1.54, 1.807) is 22.9 Å². The zero-order valence-electron chi connectivity index (χ0n) is 16.4. The summed E-state index contributed by atoms with van der Waals surface area (Å²) in [6.07, 6.45) is 0. The lowest BCUT2D eigenvalue weighted by molar-refractivity contribution is 0.101. The van der Waals surface area contributed by atoms with Crippen molar-refractivity contribution < 1.29 is 9.53 Å². The van der Waals surface area contributed by atoms with Gasteiger partial charge in [-0.15, -0.1) is 0 Å². The number of rotatable bonds is 3. The van der Waals surface area contributed by atoms with E-state index in [4.69, 9.17) is 11.3 Å². The Morgan fingerprint density at radius 1 is 1.39 bits per heavy atom. The third-order valence-corrected chi connectivity index (χ3v) is 4.78. The minimum Gasteiger partial charge on any atom is -0.492 e. The zero-order chi connectivity index (χ0) is 20.1. The highest BCUT2D eigenvalue weighted by atomic mass is 16.5. The number of aromatic nitrogens is 4. The van der Waals surface area contributed by atoms with Crippen LogP contribution in [0.4, 0.5) is 11.6 Å². The Kier molecular flexibility index (Phi) is 4.11. The molecule has 8 heteroatoms. The molecular formula is C20H22N6O2. The molecule has 1 aliphatic rings. The Labute approximate surface area is 162 Å². The SMILES string of the molecule is [C-]#[N+]c1cc2c3c(c1)nc(NC(=O)c1cc(C)nn1CC)n3CC(C)(C)CO2. The highest BCUT2D eigenvalue weighted by molar-refractivity contribution is 6.03. The molecule has 144 valence electrons. The summed E-state index contributed by atoms with van der Waals surface area (Å²) < 4.78 is 9.64. The van der Waals surface area contributed by atoms with E-state index in [9.17, 15) is 4.79 Å². The number of benzene rings is 1. The normalized spacial score (nSPS) is 15.0. The Bertz CT molecular complexity index is 1130. The monoisotopic (exact) mass is 378 g/mol. The molecule has 4 rings (SSSR count). The molecule has 0 atom stereocenters. The van der Waals surface area contributed by atoms with Gasteiger partial charge in [-0.05, 0) is 32.0 Å². The van der Waals surface area contributed by atoms with Crippen molar-refractivity contribution in [3.8, 4) is 5.75 Å². The highest BCUT2D eigenvalue weighted by Gasteiger charge is 2.29. The molecule has 1 aromatic carbocycles. The van der Waals surface area contributed by atoms with E-state index in [1.165, 1.54) is 0 Å². The molecule has 0 saturated heterocycles. The van der Waals surface area contributed by atoms with Crippen LogP contribution in [-0.2, 0) is 13.1 Å². The van der Waals surface area contributed by atoms with Crippen molar-refractivity contribution in [1.82, 2.24) is 19.3 Å². The molecule has 1 aliphatic heterocycles. The van der Waals surface area contributed by atoms with Gasteiger partial charge in [-0.1, -0.05) is 13.8 Å². The van der Waals surface area contributed by atoms with E-state index in [1.807, 2.05) is 18.4 Å². The van der Waals surface area contributed by atoms with Crippen molar-refractivity contribution >= 4 is 28.6 Å². The third-order valence-electron chi connectivity index (χ3n) is 4.78. The summed E-state index contributed by atoms with van der Waals surface area (Å²) in [4.78, 5) is 21.0. The van der Waals surface area contributed by atoms with Crippen LogP contribution in [0.1, 0.15) is 37.0 Å². The van der Waals surface area contributed by atoms with Crippen molar-refractivity contribution in [3.63, 3.8) is 0 Å². The van der Waals surface area contributed by atoms with Gasteiger partial charge < -0.3 is 9.30 Å². The number of carbonyl (C=O) groups excluding carboxylic acids is 1. The molecule has 0 fully saturated rings. The van der Waals surface area contributed by atoms with E-state index >= 15 is 0 Å². The van der Waals surface area contributed by atoms with E-state index in [-0.39, 0.29) is 11.3 Å². The molecule has 0 aliphatic carbocycles. The van der Waals surface area contributed by atoms with Crippen molar-refractivity contribution in [3.05, 3.63) is 41.0 Å². The van der Waals surface area contributed by atoms with Gasteiger partial charge >= 0.3 is 0 Å². The molecule has 28 heavy (non-hydrogen) atoms. The zero-order valence-corrected chi connectivity index (χ0v) is 16.4. The van der Waals surface area contributed by atoms with E-state index in [2.05, 4.69) is 34.1 Å². The molecule has 0 unspecified atom stereocenters. The van der Waals surface area contributed by atoms with Crippen LogP contribution in [-0.4, -0.2) is 31.8 Å². The van der Waals surface area contributed by atoms with Crippen LogP contribution < -0.4 is 10.1 Å². The van der Waals surface area contributed by atoms with Crippen LogP contribution in [0.5, 0.6) is 5.75 Å². The number of hydrogen-bond acceptors (Lipinski definition) is 4. The van der Waals surface area contributed by atoms with Crippen LogP contribution in [0.25, 0.3) is 15.9 Å². The number of nitrogens with zero attached hydrogens (tertiary/aromatic N) is 5. The second-order valence-corrected chi connectivity index (χ2v) is 7.84. The molecule has 0 bridgehead atoms. The van der Waals surface area contributed by atoms with Gasteiger partial charge in [-0.2, -0.15) is 5.10 Å². The predicted octanol–water partition coefficient (Wildman–Crippen LogP) is 3.78. The fourth-order valence-electron chi connectivity index (χ4n) is 3.52. The van der Waals surface area contributed by atoms with Gasteiger partial charge in [0.05, 0.1) is 24.4 Å². The maximum atomic E-state index is 12.9. The summed E-state index contributed by atoms with van der Waals surface area (Å²) in [5.74, 6) is 0.809. The second kappa shape index (κ2) is 6.37. The molecule has 1 N–H and O–H groups in total. The van der Waals surface area contributed by atoms with Crippen LogP contribution in [0.2, 0.25) is 0 Å². The van der Waals surface area contributed by atoms with Gasteiger partial charge in [0.25, 0.3) is 5.91 Å². The largest absolute Gasteiger partial charge is 0.492 e. The molecule has 0 radical (unpaired) electrons. The Morgan fingerprint density at radius 3 is 2.89 bits per heavy atom. The first-order chi connectivity index (χ1) is 13.3. The average molecular weight is 378 g/mol. The molecule has 0 saturated carbocycles. The number of nitrogens with one attached hydrogen (secondary N) is 1. The summed E-state index contributed by atoms with van der Waals surface area (Å²) in [5.41, 5.74) is 3.02. The summed E-state index contributed by atoms with van der Waals surface area (Å²) in [6, 6.07) is 5.22. The molecular weight excluding hydrogens is 356 g/mol. The summed E-state index contributed by atoms with van der Waals surface area (Å²) >= 11 is 0. The molecule has 3 heterocycles. The third kappa shape index (κ3) is 2.99. The predicted molar refractivity (Wildman–Crippen MR) is 106 cm³/mol. The number of aryl methyl sites for hydroxylation is 2. The number of amides is 1. The number of imidazole rings is 1. The summed E-state index contributed by atoms with van der Waals surface area (Å²) in [6.45, 7) is 17.1. The molecule has 1 amide bonds. The number of carbonyl (C=O) groups is 1. The van der Waals surface area contributed by atoms with Gasteiger partial charge in [-0.3, -0.25) is 14.8 Å². The summed E-state index contributed by atoms with van der Waals surface area (Å²) in [7, 11) is 0. The van der Waals surface area contributed by atoms with Crippen molar-refractivity contribution in [2.24, 2.45) is 5.41 Å². The van der Waals surface area contributed by atoms with Gasteiger partial charge in [0.15, 0.2) is 5.69 Å². The van der Waals surface area contributed by atoms with Gasteiger partial charge in [0.2, 0.25) is 5.95 Å². The topological polar surface area (TPSA) is 78.3 Å². The number of hydrogen-bond donors (Lipinski definition) is 1. The van der Waals surface area contributed by atoms with Gasteiger partial charge in [-0.25, -0.2) is 9.83 Å². The van der Waals surface area contributed by atoms with Gasteiger partial charge in [0.1, 0.15) is 17.0 Å². The number of anilines is 1. The first kappa shape index (κ1) is 18.0. The number of ether oxygens (including phenoxy) is 1. The lowest BCUT2D eigenvalue weighted by Crippen LogP contribution is -2.26. The van der Waals surface area contributed by atoms with E-state index in [0.717, 1.165) is 11.2 Å². The molecule has 2 aromatic heterocycles. The first-order valence-electron chi connectivity index (χ1n) is 9.21. The van der Waals surface area contributed by atoms with Crippen molar-refractivity contribution in [2.75, 3.05) is 11.9 Å². The minimum absolute atomic E-state index is 0.161. The quantitative estimate of drug-likeness (QED) is 0.704. The van der Waals surface area contributed by atoms with E-state index in [0.29, 0.717) is 48.3 Å². The fraction of sp³-hybridized carbons (Fsp3) is 0.400. The van der Waals surface area contributed by atoms with Crippen molar-refractivity contribution in [1.29, 1.82) is 0 Å². The minimum atomic E-state index is -0.260. The molecule has 0 spiro atoms. The maximum Gasteiger partial charge on any atom is 0.276 e. The lowest BCUT2D eigenvalue weighted by atomic mass is 9.95. The van der Waals surface area contributed by atoms with Crippen molar-refractivity contribution in [2.45, 2.75) is 40.8 Å². The smallest absolute Gasteiger partial charge is 0.276 e. The standard InChI is InChI=1S/C20H22N6O2/c1-6-26-15(7-12(2)24-26)18(27)23-19-22-14-8-13(21-5)9-16-17(14)25(19)10-20(3,4)11-28-16/h7-9H,6,10-11H2,1-4H3,(H,22,23,27). The lowest BCUT2D eigenvalue weighted by Gasteiger charge is -2.23. The second-order valence-electron chi connectivity index (χ2n) is 7.84. The molecule has 8 nitrogen and oxygen atoms in total. The van der Waals surface area contributed by atoms with Crippen LogP contribution in [0.15, 0.2) is 18.2 Å². The van der Waals surface area contributed by atoms with Crippen LogP contribution >= 0.6 is 0 Å². The fourth-order valence-corrected chi connectivity index (χ4v) is 3.52. The Balaban J connectivity index is 1.82. The van der Waals surface area contributed by atoms with E-state index < -0.39 is 0 Å².